The Hall–Kier alpha value is -4.02. The van der Waals surface area contributed by atoms with Crippen molar-refractivity contribution in [2.45, 2.75) is 12.8 Å². The summed E-state index contributed by atoms with van der Waals surface area (Å²) < 4.78 is 20.9. The van der Waals surface area contributed by atoms with Crippen molar-refractivity contribution in [2.75, 3.05) is 51.2 Å². The van der Waals surface area contributed by atoms with Gasteiger partial charge in [0.1, 0.15) is 0 Å². The van der Waals surface area contributed by atoms with Gasteiger partial charge in [-0.3, -0.25) is 14.9 Å². The van der Waals surface area contributed by atoms with Crippen LogP contribution >= 0.6 is 0 Å². The second-order valence-corrected chi connectivity index (χ2v) is 7.19. The highest BCUT2D eigenvalue weighted by atomic mass is 16.6. The van der Waals surface area contributed by atoms with Gasteiger partial charge in [-0.25, -0.2) is 4.79 Å². The predicted molar refractivity (Wildman–Crippen MR) is 120 cm³/mol. The van der Waals surface area contributed by atoms with Gasteiger partial charge in [-0.2, -0.15) is 0 Å². The van der Waals surface area contributed by atoms with E-state index in [1.54, 1.807) is 0 Å². The zero-order valence-electron chi connectivity index (χ0n) is 18.6. The summed E-state index contributed by atoms with van der Waals surface area (Å²) in [5.41, 5.74) is 0.713. The predicted octanol–water partition coefficient (Wildman–Crippen LogP) is 3.02. The van der Waals surface area contributed by atoms with Gasteiger partial charge in [-0.15, -0.1) is 0 Å². The molecule has 0 saturated carbocycles. The molecule has 1 amide bonds. The van der Waals surface area contributed by atoms with Crippen molar-refractivity contribution in [3.8, 4) is 17.2 Å². The van der Waals surface area contributed by atoms with Crippen LogP contribution in [0.5, 0.6) is 17.2 Å². The summed E-state index contributed by atoms with van der Waals surface area (Å²) in [6.07, 6.45) is 1.92. The maximum absolute atomic E-state index is 12.7. The Morgan fingerprint density at radius 3 is 2.21 bits per heavy atom. The number of nitrogens with zero attached hydrogens (tertiary/aromatic N) is 2. The van der Waals surface area contributed by atoms with E-state index in [-0.39, 0.29) is 11.3 Å². The number of nitro groups is 1. The molecule has 2 aromatic carbocycles. The van der Waals surface area contributed by atoms with E-state index in [0.717, 1.165) is 25.9 Å². The molecule has 1 heterocycles. The molecular formula is C22H25N3O8. The number of hydrogen-bond acceptors (Lipinski definition) is 9. The van der Waals surface area contributed by atoms with E-state index in [2.05, 4.69) is 5.32 Å². The molecule has 33 heavy (non-hydrogen) atoms. The van der Waals surface area contributed by atoms with E-state index >= 15 is 0 Å². The SMILES string of the molecule is COc1cc(NC(=O)COC(=O)c2cc([N+](=O)[O-])ccc2N2CCCC2)cc(OC)c1OC. The molecule has 1 fully saturated rings. The molecule has 0 radical (unpaired) electrons. The first-order chi connectivity index (χ1) is 15.9. The van der Waals surface area contributed by atoms with E-state index in [4.69, 9.17) is 18.9 Å². The lowest BCUT2D eigenvalue weighted by Crippen LogP contribution is -2.24. The second kappa shape index (κ2) is 10.5. The van der Waals surface area contributed by atoms with Crippen LogP contribution in [0.4, 0.5) is 17.1 Å². The molecule has 1 N–H and O–H groups in total. The number of benzene rings is 2. The molecule has 0 spiro atoms. The number of ether oxygens (including phenoxy) is 4. The number of nitro benzene ring substituents is 1. The fraction of sp³-hybridized carbons (Fsp3) is 0.364. The summed E-state index contributed by atoms with van der Waals surface area (Å²) in [5, 5.41) is 13.8. The minimum absolute atomic E-state index is 0.0479. The van der Waals surface area contributed by atoms with Crippen molar-refractivity contribution >= 4 is 28.9 Å². The van der Waals surface area contributed by atoms with Gasteiger partial charge in [0.25, 0.3) is 11.6 Å². The number of methoxy groups -OCH3 is 3. The molecule has 1 saturated heterocycles. The average Bonchev–Trinajstić information content (AvgIpc) is 3.36. The fourth-order valence-corrected chi connectivity index (χ4v) is 3.59. The standard InChI is InChI=1S/C22H25N3O8/c1-30-18-10-14(11-19(31-2)21(18)32-3)23-20(26)13-33-22(27)16-12-15(25(28)29)6-7-17(16)24-8-4-5-9-24/h6-7,10-12H,4-5,8-9,13H2,1-3H3,(H,23,26). The van der Waals surface area contributed by atoms with Crippen LogP contribution in [0.2, 0.25) is 0 Å². The largest absolute Gasteiger partial charge is 0.493 e. The lowest BCUT2D eigenvalue weighted by molar-refractivity contribution is -0.384. The number of anilines is 2. The first kappa shape index (κ1) is 23.6. The van der Waals surface area contributed by atoms with E-state index in [0.29, 0.717) is 28.6 Å². The van der Waals surface area contributed by atoms with Crippen LogP contribution in [-0.2, 0) is 9.53 Å². The molecule has 2 aromatic rings. The van der Waals surface area contributed by atoms with Crippen LogP contribution < -0.4 is 24.4 Å². The fourth-order valence-electron chi connectivity index (χ4n) is 3.59. The molecule has 0 aliphatic carbocycles. The normalized spacial score (nSPS) is 12.8. The highest BCUT2D eigenvalue weighted by Crippen LogP contribution is 2.40. The van der Waals surface area contributed by atoms with E-state index in [1.165, 1.54) is 51.7 Å². The summed E-state index contributed by atoms with van der Waals surface area (Å²) in [6.45, 7) is 0.886. The molecule has 1 aliphatic rings. The highest BCUT2D eigenvalue weighted by molar-refractivity contribution is 5.99. The van der Waals surface area contributed by atoms with Gasteiger partial charge < -0.3 is 29.2 Å². The zero-order chi connectivity index (χ0) is 24.0. The van der Waals surface area contributed by atoms with E-state index in [1.807, 2.05) is 4.90 Å². The quantitative estimate of drug-likeness (QED) is 0.342. The maximum Gasteiger partial charge on any atom is 0.341 e. The molecule has 0 atom stereocenters. The van der Waals surface area contributed by atoms with Gasteiger partial charge in [0.2, 0.25) is 5.75 Å². The van der Waals surface area contributed by atoms with Gasteiger partial charge in [-0.1, -0.05) is 0 Å². The third-order valence-electron chi connectivity index (χ3n) is 5.14. The van der Waals surface area contributed by atoms with Crippen LogP contribution in [0, 0.1) is 10.1 Å². The molecule has 11 heteroatoms. The van der Waals surface area contributed by atoms with Crippen molar-refractivity contribution in [1.82, 2.24) is 0 Å². The van der Waals surface area contributed by atoms with Crippen LogP contribution in [0.15, 0.2) is 30.3 Å². The molecule has 3 rings (SSSR count). The monoisotopic (exact) mass is 459 g/mol. The molecule has 1 aliphatic heterocycles. The maximum atomic E-state index is 12.7. The first-order valence-corrected chi connectivity index (χ1v) is 10.2. The van der Waals surface area contributed by atoms with Gasteiger partial charge >= 0.3 is 5.97 Å². The Balaban J connectivity index is 1.72. The third kappa shape index (κ3) is 5.43. The minimum Gasteiger partial charge on any atom is -0.493 e. The summed E-state index contributed by atoms with van der Waals surface area (Å²) in [5.74, 6) is -0.372. The molecule has 0 unspecified atom stereocenters. The van der Waals surface area contributed by atoms with Crippen molar-refractivity contribution in [2.24, 2.45) is 0 Å². The second-order valence-electron chi connectivity index (χ2n) is 7.19. The Kier molecular flexibility index (Phi) is 7.54. The lowest BCUT2D eigenvalue weighted by Gasteiger charge is -2.20. The van der Waals surface area contributed by atoms with E-state index < -0.39 is 23.4 Å². The summed E-state index contributed by atoms with van der Waals surface area (Å²) in [6, 6.07) is 7.13. The molecule has 11 nitrogen and oxygen atoms in total. The number of esters is 1. The first-order valence-electron chi connectivity index (χ1n) is 10.2. The van der Waals surface area contributed by atoms with Crippen molar-refractivity contribution in [3.63, 3.8) is 0 Å². The number of hydrogen-bond donors (Lipinski definition) is 1. The number of non-ortho nitro benzene ring substituents is 1. The number of carbonyl (C=O) groups excluding carboxylic acids is 2. The summed E-state index contributed by atoms with van der Waals surface area (Å²) in [4.78, 5) is 37.7. The van der Waals surface area contributed by atoms with Gasteiger partial charge in [0.05, 0.1) is 37.5 Å². The van der Waals surface area contributed by atoms with Crippen LogP contribution in [-0.4, -0.2) is 57.8 Å². The third-order valence-corrected chi connectivity index (χ3v) is 5.14. The highest BCUT2D eigenvalue weighted by Gasteiger charge is 2.24. The number of amides is 1. The Morgan fingerprint density at radius 2 is 1.67 bits per heavy atom. The van der Waals surface area contributed by atoms with Crippen LogP contribution in [0.25, 0.3) is 0 Å². The Morgan fingerprint density at radius 1 is 1.03 bits per heavy atom. The Bertz CT molecular complexity index is 1020. The molecule has 0 aromatic heterocycles. The number of nitrogens with one attached hydrogen (secondary N) is 1. The topological polar surface area (TPSA) is 129 Å². The summed E-state index contributed by atoms with van der Waals surface area (Å²) >= 11 is 0. The molecule has 0 bridgehead atoms. The van der Waals surface area contributed by atoms with Crippen molar-refractivity contribution in [3.05, 3.63) is 46.0 Å². The van der Waals surface area contributed by atoms with Gasteiger partial charge in [0.15, 0.2) is 18.1 Å². The average molecular weight is 459 g/mol. The van der Waals surface area contributed by atoms with Gasteiger partial charge in [-0.05, 0) is 18.9 Å². The molecular weight excluding hydrogens is 434 g/mol. The smallest absolute Gasteiger partial charge is 0.341 e. The van der Waals surface area contributed by atoms with Crippen LogP contribution in [0.1, 0.15) is 23.2 Å². The number of rotatable bonds is 9. The van der Waals surface area contributed by atoms with Crippen LogP contribution in [0.3, 0.4) is 0 Å². The zero-order valence-corrected chi connectivity index (χ0v) is 18.6. The van der Waals surface area contributed by atoms with Gasteiger partial charge in [0, 0.05) is 43.0 Å². The summed E-state index contributed by atoms with van der Waals surface area (Å²) in [7, 11) is 4.35. The van der Waals surface area contributed by atoms with E-state index in [9.17, 15) is 19.7 Å². The lowest BCUT2D eigenvalue weighted by atomic mass is 10.1. The van der Waals surface area contributed by atoms with Crippen molar-refractivity contribution in [1.29, 1.82) is 0 Å². The molecule has 176 valence electrons. The Labute approximate surface area is 190 Å². The number of carbonyl (C=O) groups is 2. The minimum atomic E-state index is -0.819. The van der Waals surface area contributed by atoms with Crippen molar-refractivity contribution < 1.29 is 33.5 Å².